The SMILES string of the molecule is c1ccc(-c2nc3c(ccc4oc5cc(N(c6ccc7c(c6)oc6ccccc67)c6ccc7oc8ccccc8c7c6)ccc5c43)o2)cc1. The monoisotopic (exact) mass is 632 g/mol. The summed E-state index contributed by atoms with van der Waals surface area (Å²) in [6, 6.07) is 49.2. The van der Waals surface area contributed by atoms with Crippen molar-refractivity contribution in [2.45, 2.75) is 0 Å². The van der Waals surface area contributed by atoms with Gasteiger partial charge in [-0.05, 0) is 78.9 Å². The molecule has 0 unspecified atom stereocenters. The van der Waals surface area contributed by atoms with Gasteiger partial charge in [-0.15, -0.1) is 0 Å². The highest BCUT2D eigenvalue weighted by Crippen LogP contribution is 2.43. The van der Waals surface area contributed by atoms with E-state index in [1.165, 1.54) is 0 Å². The first kappa shape index (κ1) is 26.3. The third-order valence-electron chi connectivity index (χ3n) is 9.50. The van der Waals surface area contributed by atoms with Gasteiger partial charge in [0.25, 0.3) is 0 Å². The molecule has 49 heavy (non-hydrogen) atoms. The van der Waals surface area contributed by atoms with Crippen LogP contribution in [0.25, 0.3) is 88.4 Å². The van der Waals surface area contributed by atoms with Crippen LogP contribution < -0.4 is 4.90 Å². The Bertz CT molecular complexity index is 3070. The molecule has 4 heterocycles. The molecule has 0 saturated heterocycles. The van der Waals surface area contributed by atoms with E-state index in [9.17, 15) is 0 Å². The van der Waals surface area contributed by atoms with E-state index < -0.39 is 0 Å². The molecule has 0 bridgehead atoms. The molecule has 0 amide bonds. The average Bonchev–Trinajstić information content (AvgIpc) is 3.92. The summed E-state index contributed by atoms with van der Waals surface area (Å²) >= 11 is 0. The van der Waals surface area contributed by atoms with E-state index >= 15 is 0 Å². The van der Waals surface area contributed by atoms with Gasteiger partial charge in [0.1, 0.15) is 39.0 Å². The Balaban J connectivity index is 1.12. The van der Waals surface area contributed by atoms with Gasteiger partial charge < -0.3 is 22.6 Å². The maximum absolute atomic E-state index is 6.52. The van der Waals surface area contributed by atoms with Crippen LogP contribution in [-0.4, -0.2) is 4.98 Å². The second-order valence-electron chi connectivity index (χ2n) is 12.3. The summed E-state index contributed by atoms with van der Waals surface area (Å²) in [6.45, 7) is 0. The number of fused-ring (bicyclic) bond motifs is 11. The molecule has 0 saturated carbocycles. The molecule has 230 valence electrons. The molecular weight excluding hydrogens is 608 g/mol. The van der Waals surface area contributed by atoms with Crippen molar-refractivity contribution in [3.05, 3.63) is 146 Å². The number of furan rings is 3. The van der Waals surface area contributed by atoms with Crippen molar-refractivity contribution in [1.82, 2.24) is 4.98 Å². The minimum absolute atomic E-state index is 0.586. The van der Waals surface area contributed by atoms with Gasteiger partial charge in [0, 0.05) is 61.7 Å². The first-order valence-electron chi connectivity index (χ1n) is 16.2. The van der Waals surface area contributed by atoms with Gasteiger partial charge in [-0.3, -0.25) is 0 Å². The van der Waals surface area contributed by atoms with Gasteiger partial charge in [0.15, 0.2) is 5.58 Å². The maximum atomic E-state index is 6.52. The molecule has 0 spiro atoms. The second kappa shape index (κ2) is 9.86. The number of nitrogens with zero attached hydrogens (tertiary/aromatic N) is 2. The highest BCUT2D eigenvalue weighted by molar-refractivity contribution is 6.17. The smallest absolute Gasteiger partial charge is 0.227 e. The van der Waals surface area contributed by atoms with E-state index in [1.54, 1.807) is 0 Å². The summed E-state index contributed by atoms with van der Waals surface area (Å²) < 4.78 is 25.2. The number of benzene rings is 7. The quantitative estimate of drug-likeness (QED) is 0.192. The van der Waals surface area contributed by atoms with Crippen LogP contribution in [0.2, 0.25) is 0 Å². The van der Waals surface area contributed by atoms with E-state index in [-0.39, 0.29) is 0 Å². The first-order chi connectivity index (χ1) is 24.2. The summed E-state index contributed by atoms with van der Waals surface area (Å²) in [5.41, 5.74) is 10.2. The lowest BCUT2D eigenvalue weighted by molar-refractivity contribution is 0.619. The van der Waals surface area contributed by atoms with Crippen molar-refractivity contribution in [1.29, 1.82) is 0 Å². The molecule has 0 fully saturated rings. The van der Waals surface area contributed by atoms with Crippen molar-refractivity contribution < 1.29 is 17.7 Å². The molecule has 0 atom stereocenters. The van der Waals surface area contributed by atoms with Crippen molar-refractivity contribution >= 4 is 94.0 Å². The van der Waals surface area contributed by atoms with E-state index in [4.69, 9.17) is 22.7 Å². The topological polar surface area (TPSA) is 68.7 Å². The summed E-state index contributed by atoms with van der Waals surface area (Å²) in [4.78, 5) is 7.16. The van der Waals surface area contributed by atoms with E-state index in [0.29, 0.717) is 5.89 Å². The Labute approximate surface area is 278 Å². The van der Waals surface area contributed by atoms with Crippen molar-refractivity contribution in [3.63, 3.8) is 0 Å². The van der Waals surface area contributed by atoms with Crippen LogP contribution in [-0.2, 0) is 0 Å². The summed E-state index contributed by atoms with van der Waals surface area (Å²) in [7, 11) is 0. The van der Waals surface area contributed by atoms with Crippen LogP contribution in [0.15, 0.2) is 163 Å². The zero-order valence-corrected chi connectivity index (χ0v) is 25.9. The minimum atomic E-state index is 0.586. The Hall–Kier alpha value is -6.79. The van der Waals surface area contributed by atoms with Crippen LogP contribution in [0, 0.1) is 0 Å². The predicted octanol–water partition coefficient (Wildman–Crippen LogP) is 12.7. The minimum Gasteiger partial charge on any atom is -0.456 e. The van der Waals surface area contributed by atoms with E-state index in [0.717, 1.165) is 99.5 Å². The molecule has 0 aliphatic heterocycles. The second-order valence-corrected chi connectivity index (χ2v) is 12.3. The molecule has 0 aliphatic carbocycles. The number of hydrogen-bond donors (Lipinski definition) is 0. The van der Waals surface area contributed by atoms with Crippen LogP contribution in [0.4, 0.5) is 17.1 Å². The number of hydrogen-bond acceptors (Lipinski definition) is 6. The van der Waals surface area contributed by atoms with Gasteiger partial charge in [-0.2, -0.15) is 0 Å². The Morgan fingerprint density at radius 2 is 0.898 bits per heavy atom. The van der Waals surface area contributed by atoms with Gasteiger partial charge in [-0.1, -0.05) is 54.6 Å². The van der Waals surface area contributed by atoms with Gasteiger partial charge >= 0.3 is 0 Å². The maximum Gasteiger partial charge on any atom is 0.227 e. The van der Waals surface area contributed by atoms with Gasteiger partial charge in [-0.25, -0.2) is 4.98 Å². The Morgan fingerprint density at radius 1 is 0.367 bits per heavy atom. The Morgan fingerprint density at radius 3 is 1.69 bits per heavy atom. The normalized spacial score (nSPS) is 12.1. The van der Waals surface area contributed by atoms with Crippen molar-refractivity contribution in [2.24, 2.45) is 0 Å². The number of anilines is 3. The standard InChI is InChI=1S/C43H24N2O4/c1-2-8-25(9-3-1)43-44-42-38(49-43)21-20-37-41(42)32-18-15-28(24-40(32)48-37)45(26-16-19-36-33(22-26)30-11-5-7-13-35(30)46-36)27-14-17-31-29-10-4-6-12-34(29)47-39(31)23-27/h1-24H. The molecule has 0 radical (unpaired) electrons. The molecule has 4 aromatic heterocycles. The molecule has 11 aromatic rings. The lowest BCUT2D eigenvalue weighted by Crippen LogP contribution is -2.09. The van der Waals surface area contributed by atoms with Crippen molar-refractivity contribution in [3.8, 4) is 11.5 Å². The van der Waals surface area contributed by atoms with E-state index in [2.05, 4.69) is 65.6 Å². The molecular formula is C43H24N2O4. The molecule has 11 rings (SSSR count). The number of rotatable bonds is 4. The average molecular weight is 633 g/mol. The first-order valence-corrected chi connectivity index (χ1v) is 16.2. The highest BCUT2D eigenvalue weighted by Gasteiger charge is 2.21. The van der Waals surface area contributed by atoms with Crippen LogP contribution in [0.1, 0.15) is 0 Å². The number of aromatic nitrogens is 1. The zero-order chi connectivity index (χ0) is 32.1. The van der Waals surface area contributed by atoms with Gasteiger partial charge in [0.05, 0.1) is 5.39 Å². The molecule has 0 N–H and O–H groups in total. The zero-order valence-electron chi connectivity index (χ0n) is 25.9. The van der Waals surface area contributed by atoms with E-state index in [1.807, 2.05) is 84.9 Å². The third kappa shape index (κ3) is 3.92. The van der Waals surface area contributed by atoms with Crippen molar-refractivity contribution in [2.75, 3.05) is 4.90 Å². The fraction of sp³-hybridized carbons (Fsp3) is 0. The lowest BCUT2D eigenvalue weighted by atomic mass is 10.1. The van der Waals surface area contributed by atoms with Crippen LogP contribution in [0.5, 0.6) is 0 Å². The molecule has 0 aliphatic rings. The predicted molar refractivity (Wildman–Crippen MR) is 196 cm³/mol. The van der Waals surface area contributed by atoms with Gasteiger partial charge in [0.2, 0.25) is 5.89 Å². The molecule has 7 aromatic carbocycles. The fourth-order valence-electron chi connectivity index (χ4n) is 7.24. The van der Waals surface area contributed by atoms with Crippen LogP contribution in [0.3, 0.4) is 0 Å². The molecule has 6 heteroatoms. The summed E-state index contributed by atoms with van der Waals surface area (Å²) in [5, 5.41) is 6.21. The third-order valence-corrected chi connectivity index (χ3v) is 9.50. The number of para-hydroxylation sites is 2. The molecule has 6 nitrogen and oxygen atoms in total. The lowest BCUT2D eigenvalue weighted by Gasteiger charge is -2.25. The fourth-order valence-corrected chi connectivity index (χ4v) is 7.24. The summed E-state index contributed by atoms with van der Waals surface area (Å²) in [6.07, 6.45) is 0. The largest absolute Gasteiger partial charge is 0.456 e. The van der Waals surface area contributed by atoms with Crippen LogP contribution >= 0.6 is 0 Å². The number of oxazole rings is 1. The highest BCUT2D eigenvalue weighted by atomic mass is 16.4. The Kier molecular flexibility index (Phi) is 5.29. The summed E-state index contributed by atoms with van der Waals surface area (Å²) in [5.74, 6) is 0.586.